The van der Waals surface area contributed by atoms with Crippen LogP contribution in [0.5, 0.6) is 0 Å². The maximum absolute atomic E-state index is 12.4. The van der Waals surface area contributed by atoms with E-state index >= 15 is 0 Å². The van der Waals surface area contributed by atoms with E-state index in [4.69, 9.17) is 0 Å². The van der Waals surface area contributed by atoms with Crippen molar-refractivity contribution in [3.8, 4) is 0 Å². The lowest BCUT2D eigenvalue weighted by Gasteiger charge is -2.35. The zero-order valence-corrected chi connectivity index (χ0v) is 21.8. The van der Waals surface area contributed by atoms with Crippen LogP contribution in [0, 0.1) is 17.8 Å². The van der Waals surface area contributed by atoms with Crippen molar-refractivity contribution in [2.24, 2.45) is 17.8 Å². The summed E-state index contributed by atoms with van der Waals surface area (Å²) in [7, 11) is 0. The molecule has 0 amide bonds. The lowest BCUT2D eigenvalue weighted by atomic mass is 9.87. The third-order valence-electron chi connectivity index (χ3n) is 9.31. The fraction of sp³-hybridized carbons (Fsp3) is 0.594. The smallest absolute Gasteiger partial charge is 0.321 e. The standard InChI is InChI=1S/C32H44N2O2/c35-32(36)31(28-16-7-8-17-28)34-23-29(30(24-34)27-14-5-2-6-15-27)22-33-20-18-26(19-21-33)13-9-12-25-10-3-1-4-11-25/h1-6,10-11,14-15,26,28-31H,7-9,12-13,16-24H2,(H,35,36)/t29-,30+,31+/m0/s1. The van der Waals surface area contributed by atoms with Gasteiger partial charge in [-0.15, -0.1) is 0 Å². The number of carboxylic acid groups (broad SMARTS) is 1. The molecule has 1 aliphatic carbocycles. The molecule has 194 valence electrons. The molecule has 1 saturated carbocycles. The van der Waals surface area contributed by atoms with Crippen molar-refractivity contribution in [1.82, 2.24) is 9.80 Å². The van der Waals surface area contributed by atoms with E-state index in [0.29, 0.717) is 17.8 Å². The van der Waals surface area contributed by atoms with Crippen LogP contribution in [0.3, 0.4) is 0 Å². The molecule has 0 unspecified atom stereocenters. The highest BCUT2D eigenvalue weighted by molar-refractivity contribution is 5.74. The first-order valence-electron chi connectivity index (χ1n) is 14.5. The summed E-state index contributed by atoms with van der Waals surface area (Å²) in [6, 6.07) is 21.5. The summed E-state index contributed by atoms with van der Waals surface area (Å²) in [6.45, 7) is 5.30. The van der Waals surface area contributed by atoms with E-state index in [1.807, 2.05) is 0 Å². The van der Waals surface area contributed by atoms with Gasteiger partial charge in [-0.25, -0.2) is 0 Å². The number of nitrogens with zero attached hydrogens (tertiary/aromatic N) is 2. The Bertz CT molecular complexity index is 935. The van der Waals surface area contributed by atoms with Crippen molar-refractivity contribution in [3.63, 3.8) is 0 Å². The first-order valence-corrected chi connectivity index (χ1v) is 14.5. The fourth-order valence-electron chi connectivity index (χ4n) is 7.35. The molecule has 2 aromatic rings. The molecule has 2 saturated heterocycles. The van der Waals surface area contributed by atoms with Gasteiger partial charge in [0.2, 0.25) is 0 Å². The Morgan fingerprint density at radius 3 is 2.22 bits per heavy atom. The second-order valence-corrected chi connectivity index (χ2v) is 11.7. The average Bonchev–Trinajstić information content (AvgIpc) is 3.57. The number of rotatable bonds is 10. The summed E-state index contributed by atoms with van der Waals surface area (Å²) in [5, 5.41) is 10.2. The topological polar surface area (TPSA) is 43.8 Å². The van der Waals surface area contributed by atoms with E-state index < -0.39 is 5.97 Å². The minimum atomic E-state index is -0.606. The van der Waals surface area contributed by atoms with E-state index in [1.165, 1.54) is 69.2 Å². The largest absolute Gasteiger partial charge is 0.480 e. The lowest BCUT2D eigenvalue weighted by molar-refractivity contribution is -0.145. The zero-order valence-electron chi connectivity index (χ0n) is 21.8. The molecule has 2 heterocycles. The number of likely N-dealkylation sites (tertiary alicyclic amines) is 2. The van der Waals surface area contributed by atoms with Crippen LogP contribution in [-0.4, -0.2) is 59.6 Å². The molecule has 4 heteroatoms. The van der Waals surface area contributed by atoms with Gasteiger partial charge in [-0.2, -0.15) is 0 Å². The number of aliphatic carboxylic acids is 1. The van der Waals surface area contributed by atoms with Crippen molar-refractivity contribution >= 4 is 5.97 Å². The third kappa shape index (κ3) is 6.39. The van der Waals surface area contributed by atoms with Gasteiger partial charge in [-0.3, -0.25) is 9.69 Å². The summed E-state index contributed by atoms with van der Waals surface area (Å²) in [4.78, 5) is 17.4. The fourth-order valence-corrected chi connectivity index (χ4v) is 7.35. The van der Waals surface area contributed by atoms with Gasteiger partial charge in [0.05, 0.1) is 0 Å². The number of piperidine rings is 1. The van der Waals surface area contributed by atoms with Gasteiger partial charge in [-0.05, 0) is 80.5 Å². The van der Waals surface area contributed by atoms with Crippen LogP contribution < -0.4 is 0 Å². The second kappa shape index (κ2) is 12.4. The highest BCUT2D eigenvalue weighted by Gasteiger charge is 2.43. The van der Waals surface area contributed by atoms with Crippen LogP contribution in [0.4, 0.5) is 0 Å². The van der Waals surface area contributed by atoms with Crippen LogP contribution in [-0.2, 0) is 11.2 Å². The van der Waals surface area contributed by atoms with E-state index in [2.05, 4.69) is 70.5 Å². The van der Waals surface area contributed by atoms with Gasteiger partial charge >= 0.3 is 5.97 Å². The number of hydrogen-bond donors (Lipinski definition) is 1. The summed E-state index contributed by atoms with van der Waals surface area (Å²) in [5.74, 6) is 1.51. The van der Waals surface area contributed by atoms with Crippen LogP contribution in [0.1, 0.15) is 68.4 Å². The maximum atomic E-state index is 12.4. The number of carboxylic acids is 1. The monoisotopic (exact) mass is 488 g/mol. The molecule has 0 spiro atoms. The van der Waals surface area contributed by atoms with E-state index in [-0.39, 0.29) is 6.04 Å². The van der Waals surface area contributed by atoms with Crippen molar-refractivity contribution < 1.29 is 9.90 Å². The number of hydrogen-bond acceptors (Lipinski definition) is 3. The average molecular weight is 489 g/mol. The van der Waals surface area contributed by atoms with Crippen molar-refractivity contribution in [2.75, 3.05) is 32.7 Å². The quantitative estimate of drug-likeness (QED) is 0.440. The van der Waals surface area contributed by atoms with Gasteiger partial charge in [0.25, 0.3) is 0 Å². The Kier molecular flexibility index (Phi) is 8.76. The van der Waals surface area contributed by atoms with Gasteiger partial charge in [0.15, 0.2) is 0 Å². The molecule has 2 aromatic carbocycles. The van der Waals surface area contributed by atoms with E-state index in [0.717, 1.165) is 38.4 Å². The normalized spacial score (nSPS) is 25.3. The van der Waals surface area contributed by atoms with Crippen molar-refractivity contribution in [2.45, 2.75) is 69.7 Å². The molecular weight excluding hydrogens is 444 g/mol. The predicted molar refractivity (Wildman–Crippen MR) is 146 cm³/mol. The molecule has 2 aliphatic heterocycles. The molecule has 3 aliphatic rings. The molecule has 0 bridgehead atoms. The molecular formula is C32H44N2O2. The number of aryl methyl sites for hydroxylation is 1. The van der Waals surface area contributed by atoms with Crippen LogP contribution >= 0.6 is 0 Å². The Hall–Kier alpha value is -2.17. The Labute approximate surface area is 217 Å². The van der Waals surface area contributed by atoms with Crippen LogP contribution in [0.25, 0.3) is 0 Å². The highest BCUT2D eigenvalue weighted by atomic mass is 16.4. The highest BCUT2D eigenvalue weighted by Crippen LogP contribution is 2.39. The van der Waals surface area contributed by atoms with Crippen molar-refractivity contribution in [1.29, 1.82) is 0 Å². The SMILES string of the molecule is O=C(O)[C@@H](C1CCCC1)N1C[C@H](CN2CCC(CCCc3ccccc3)CC2)[C@@H](c2ccccc2)C1. The third-order valence-corrected chi connectivity index (χ3v) is 9.31. The van der Waals surface area contributed by atoms with Crippen LogP contribution in [0.15, 0.2) is 60.7 Å². The van der Waals surface area contributed by atoms with E-state index in [1.54, 1.807) is 0 Å². The lowest BCUT2D eigenvalue weighted by Crippen LogP contribution is -2.45. The van der Waals surface area contributed by atoms with Gasteiger partial charge < -0.3 is 10.0 Å². The first kappa shape index (κ1) is 25.5. The zero-order chi connectivity index (χ0) is 24.7. The first-order chi connectivity index (χ1) is 17.7. The summed E-state index contributed by atoms with van der Waals surface area (Å²) in [6.07, 6.45) is 11.0. The summed E-state index contributed by atoms with van der Waals surface area (Å²) < 4.78 is 0. The molecule has 5 rings (SSSR count). The van der Waals surface area contributed by atoms with Gasteiger partial charge in [0, 0.05) is 25.6 Å². The minimum Gasteiger partial charge on any atom is -0.480 e. The Morgan fingerprint density at radius 2 is 1.56 bits per heavy atom. The maximum Gasteiger partial charge on any atom is 0.321 e. The number of carbonyl (C=O) groups is 1. The Morgan fingerprint density at radius 1 is 0.889 bits per heavy atom. The molecule has 3 atom stereocenters. The molecule has 1 N–H and O–H groups in total. The van der Waals surface area contributed by atoms with Gasteiger partial charge in [0.1, 0.15) is 6.04 Å². The molecule has 4 nitrogen and oxygen atoms in total. The van der Waals surface area contributed by atoms with Gasteiger partial charge in [-0.1, -0.05) is 79.9 Å². The second-order valence-electron chi connectivity index (χ2n) is 11.7. The number of benzene rings is 2. The predicted octanol–water partition coefficient (Wildman–Crippen LogP) is 6.08. The minimum absolute atomic E-state index is 0.306. The summed E-state index contributed by atoms with van der Waals surface area (Å²) >= 11 is 0. The summed E-state index contributed by atoms with van der Waals surface area (Å²) in [5.41, 5.74) is 2.85. The molecule has 0 radical (unpaired) electrons. The van der Waals surface area contributed by atoms with E-state index in [9.17, 15) is 9.90 Å². The van der Waals surface area contributed by atoms with Crippen LogP contribution in [0.2, 0.25) is 0 Å². The molecule has 0 aromatic heterocycles. The molecule has 3 fully saturated rings. The van der Waals surface area contributed by atoms with Crippen molar-refractivity contribution in [3.05, 3.63) is 71.8 Å². The Balaban J connectivity index is 1.17. The molecule has 36 heavy (non-hydrogen) atoms.